The number of nitrogens with one attached hydrogen (secondary N) is 1. The van der Waals surface area contributed by atoms with Crippen molar-refractivity contribution < 1.29 is 23.1 Å². The Kier molecular flexibility index (Phi) is 4.49. The quantitative estimate of drug-likeness (QED) is 0.743. The zero-order chi connectivity index (χ0) is 18.1. The van der Waals surface area contributed by atoms with Crippen molar-refractivity contribution in [1.29, 1.82) is 0 Å². The molecule has 0 aliphatic carbocycles. The Morgan fingerprint density at radius 2 is 1.72 bits per heavy atom. The van der Waals surface area contributed by atoms with Gasteiger partial charge in [-0.1, -0.05) is 42.5 Å². The lowest BCUT2D eigenvalue weighted by Crippen LogP contribution is -2.51. The van der Waals surface area contributed by atoms with Crippen molar-refractivity contribution in [3.63, 3.8) is 0 Å². The largest absolute Gasteiger partial charge is 0.423 e. The molecule has 0 aliphatic heterocycles. The SMILES string of the molecule is O=C(NC[C@@](O)(c1ccccc1)C(F)(F)F)c1nc2ccccc2s1. The fraction of sp³-hybridized carbons (Fsp3) is 0.176. The number of halogens is 3. The first-order chi connectivity index (χ1) is 11.8. The highest BCUT2D eigenvalue weighted by atomic mass is 32.1. The molecule has 2 N–H and O–H groups in total. The first kappa shape index (κ1) is 17.4. The van der Waals surface area contributed by atoms with Crippen molar-refractivity contribution in [1.82, 2.24) is 10.3 Å². The molecule has 1 atom stereocenters. The van der Waals surface area contributed by atoms with E-state index in [-0.39, 0.29) is 10.6 Å². The number of fused-ring (bicyclic) bond motifs is 1. The Hall–Kier alpha value is -2.45. The van der Waals surface area contributed by atoms with E-state index >= 15 is 0 Å². The number of nitrogens with zero attached hydrogens (tertiary/aromatic N) is 1. The van der Waals surface area contributed by atoms with Crippen molar-refractivity contribution in [2.45, 2.75) is 11.8 Å². The van der Waals surface area contributed by atoms with Gasteiger partial charge in [-0.25, -0.2) is 4.98 Å². The van der Waals surface area contributed by atoms with E-state index in [1.165, 1.54) is 12.1 Å². The maximum Gasteiger partial charge on any atom is 0.423 e. The number of carbonyl (C=O) groups excluding carboxylic acids is 1. The molecule has 0 aliphatic rings. The molecular weight excluding hydrogens is 353 g/mol. The molecule has 1 aromatic heterocycles. The van der Waals surface area contributed by atoms with Gasteiger partial charge >= 0.3 is 6.18 Å². The van der Waals surface area contributed by atoms with Crippen LogP contribution in [0.4, 0.5) is 13.2 Å². The lowest BCUT2D eigenvalue weighted by atomic mass is 9.93. The molecular formula is C17H13F3N2O2S. The van der Waals surface area contributed by atoms with E-state index in [0.717, 1.165) is 28.2 Å². The van der Waals surface area contributed by atoms with Crippen LogP contribution in [-0.2, 0) is 5.60 Å². The Balaban J connectivity index is 1.82. The lowest BCUT2D eigenvalue weighted by Gasteiger charge is -2.31. The second-order valence-corrected chi connectivity index (χ2v) is 6.42. The molecule has 2 aromatic carbocycles. The van der Waals surface area contributed by atoms with Crippen LogP contribution in [0.3, 0.4) is 0 Å². The molecule has 0 spiro atoms. The zero-order valence-electron chi connectivity index (χ0n) is 12.7. The topological polar surface area (TPSA) is 62.2 Å². The molecule has 1 heterocycles. The van der Waals surface area contributed by atoms with Crippen LogP contribution in [0.15, 0.2) is 54.6 Å². The fourth-order valence-electron chi connectivity index (χ4n) is 2.33. The van der Waals surface area contributed by atoms with Gasteiger partial charge in [0.05, 0.1) is 16.8 Å². The number of aliphatic hydroxyl groups is 1. The molecule has 0 unspecified atom stereocenters. The summed E-state index contributed by atoms with van der Waals surface area (Å²) in [6.07, 6.45) is -4.95. The normalized spacial score (nSPS) is 14.2. The smallest absolute Gasteiger partial charge is 0.375 e. The third kappa shape index (κ3) is 3.35. The average Bonchev–Trinajstić information content (AvgIpc) is 3.03. The Labute approximate surface area is 144 Å². The molecule has 0 fully saturated rings. The predicted molar refractivity (Wildman–Crippen MR) is 88.3 cm³/mol. The van der Waals surface area contributed by atoms with Gasteiger partial charge < -0.3 is 10.4 Å². The van der Waals surface area contributed by atoms with E-state index in [2.05, 4.69) is 10.3 Å². The highest BCUT2D eigenvalue weighted by Crippen LogP contribution is 2.38. The van der Waals surface area contributed by atoms with Gasteiger partial charge in [0.25, 0.3) is 5.91 Å². The van der Waals surface area contributed by atoms with E-state index in [9.17, 15) is 23.1 Å². The molecule has 8 heteroatoms. The van der Waals surface area contributed by atoms with Gasteiger partial charge in [0.2, 0.25) is 5.60 Å². The summed E-state index contributed by atoms with van der Waals surface area (Å²) in [6, 6.07) is 13.7. The number of alkyl halides is 3. The Bertz CT molecular complexity index is 863. The van der Waals surface area contributed by atoms with E-state index in [0.29, 0.717) is 5.52 Å². The van der Waals surface area contributed by atoms with Crippen molar-refractivity contribution in [2.24, 2.45) is 0 Å². The number of para-hydroxylation sites is 1. The number of carbonyl (C=O) groups is 1. The van der Waals surface area contributed by atoms with Gasteiger partial charge in [-0.2, -0.15) is 13.2 Å². The van der Waals surface area contributed by atoms with E-state index in [4.69, 9.17) is 0 Å². The summed E-state index contributed by atoms with van der Waals surface area (Å²) in [6.45, 7) is -1.00. The Morgan fingerprint density at radius 3 is 2.36 bits per heavy atom. The lowest BCUT2D eigenvalue weighted by molar-refractivity contribution is -0.263. The number of hydrogen-bond donors (Lipinski definition) is 2. The summed E-state index contributed by atoms with van der Waals surface area (Å²) in [5.41, 5.74) is -2.93. The van der Waals surface area contributed by atoms with Gasteiger partial charge in [-0.3, -0.25) is 4.79 Å². The molecule has 25 heavy (non-hydrogen) atoms. The minimum atomic E-state index is -4.95. The van der Waals surface area contributed by atoms with Crippen LogP contribution in [-0.4, -0.2) is 28.7 Å². The van der Waals surface area contributed by atoms with E-state index < -0.39 is 24.2 Å². The number of amides is 1. The number of hydrogen-bond acceptors (Lipinski definition) is 4. The molecule has 0 bridgehead atoms. The summed E-state index contributed by atoms with van der Waals surface area (Å²) in [5.74, 6) is -0.764. The number of benzene rings is 2. The molecule has 130 valence electrons. The summed E-state index contributed by atoms with van der Waals surface area (Å²) >= 11 is 1.07. The summed E-state index contributed by atoms with van der Waals surface area (Å²) < 4.78 is 40.9. The monoisotopic (exact) mass is 366 g/mol. The molecule has 1 amide bonds. The molecule has 4 nitrogen and oxygen atoms in total. The van der Waals surface area contributed by atoms with Gasteiger partial charge in [0.15, 0.2) is 5.01 Å². The first-order valence-corrected chi connectivity index (χ1v) is 8.11. The summed E-state index contributed by atoms with van der Waals surface area (Å²) in [5, 5.41) is 12.4. The second kappa shape index (κ2) is 6.45. The van der Waals surface area contributed by atoms with Crippen LogP contribution >= 0.6 is 11.3 Å². The van der Waals surface area contributed by atoms with Crippen molar-refractivity contribution in [3.8, 4) is 0 Å². The van der Waals surface area contributed by atoms with Crippen LogP contribution in [0, 0.1) is 0 Å². The highest BCUT2D eigenvalue weighted by molar-refractivity contribution is 7.20. The van der Waals surface area contributed by atoms with Crippen molar-refractivity contribution in [2.75, 3.05) is 6.54 Å². The first-order valence-electron chi connectivity index (χ1n) is 7.30. The minimum Gasteiger partial charge on any atom is -0.375 e. The minimum absolute atomic E-state index is 0.0405. The number of rotatable bonds is 4. The predicted octanol–water partition coefficient (Wildman–Crippen LogP) is 3.48. The van der Waals surface area contributed by atoms with Crippen LogP contribution in [0.1, 0.15) is 15.4 Å². The van der Waals surface area contributed by atoms with Gasteiger partial charge in [0, 0.05) is 0 Å². The number of thiazole rings is 1. The molecule has 0 saturated carbocycles. The van der Waals surface area contributed by atoms with Crippen molar-refractivity contribution in [3.05, 3.63) is 65.2 Å². The molecule has 0 radical (unpaired) electrons. The maximum absolute atomic E-state index is 13.4. The van der Waals surface area contributed by atoms with E-state index in [1.54, 1.807) is 30.3 Å². The third-order valence-corrected chi connectivity index (χ3v) is 4.75. The Morgan fingerprint density at radius 1 is 1.08 bits per heavy atom. The van der Waals surface area contributed by atoms with Crippen LogP contribution in [0.25, 0.3) is 10.2 Å². The average molecular weight is 366 g/mol. The second-order valence-electron chi connectivity index (χ2n) is 5.39. The standard InChI is InChI=1S/C17H13F3N2O2S/c18-17(19,20)16(24,11-6-2-1-3-7-11)10-21-14(23)15-22-12-8-4-5-9-13(12)25-15/h1-9,24H,10H2,(H,21,23)/t16-/m1/s1. The maximum atomic E-state index is 13.4. The van der Waals surface area contributed by atoms with E-state index in [1.807, 2.05) is 0 Å². The fourth-order valence-corrected chi connectivity index (χ4v) is 3.21. The van der Waals surface area contributed by atoms with Crippen LogP contribution < -0.4 is 5.32 Å². The number of aromatic nitrogens is 1. The third-order valence-electron chi connectivity index (χ3n) is 3.71. The zero-order valence-corrected chi connectivity index (χ0v) is 13.6. The van der Waals surface area contributed by atoms with Crippen LogP contribution in [0.5, 0.6) is 0 Å². The highest BCUT2D eigenvalue weighted by Gasteiger charge is 2.55. The van der Waals surface area contributed by atoms with Gasteiger partial charge in [-0.05, 0) is 17.7 Å². The summed E-state index contributed by atoms with van der Waals surface area (Å²) in [7, 11) is 0. The summed E-state index contributed by atoms with van der Waals surface area (Å²) in [4.78, 5) is 16.3. The van der Waals surface area contributed by atoms with Gasteiger partial charge in [-0.15, -0.1) is 11.3 Å². The molecule has 3 aromatic rings. The van der Waals surface area contributed by atoms with Crippen molar-refractivity contribution >= 4 is 27.5 Å². The molecule has 3 rings (SSSR count). The molecule has 0 saturated heterocycles. The van der Waals surface area contributed by atoms with Crippen LogP contribution in [0.2, 0.25) is 0 Å². The van der Waals surface area contributed by atoms with Gasteiger partial charge in [0.1, 0.15) is 0 Å².